The third-order valence-electron chi connectivity index (χ3n) is 2.64. The Balaban J connectivity index is 2.33. The fourth-order valence-corrected chi connectivity index (χ4v) is 1.79. The van der Waals surface area contributed by atoms with Crippen molar-refractivity contribution in [2.45, 2.75) is 12.6 Å². The van der Waals surface area contributed by atoms with Crippen LogP contribution in [0.1, 0.15) is 6.42 Å². The largest absolute Gasteiger partial charge is 0.308 e. The van der Waals surface area contributed by atoms with Crippen molar-refractivity contribution in [1.29, 1.82) is 10.5 Å². The smallest absolute Gasteiger partial charge is 0.123 e. The Hall–Kier alpha value is -2.37. The summed E-state index contributed by atoms with van der Waals surface area (Å²) in [6.45, 7) is 0. The first-order chi connectivity index (χ1) is 8.27. The summed E-state index contributed by atoms with van der Waals surface area (Å²) in [6, 6.07) is 13.5. The number of nitriles is 2. The van der Waals surface area contributed by atoms with Gasteiger partial charge >= 0.3 is 0 Å². The third-order valence-corrected chi connectivity index (χ3v) is 2.64. The second-order valence-electron chi connectivity index (χ2n) is 3.70. The van der Waals surface area contributed by atoms with Gasteiger partial charge in [0.2, 0.25) is 0 Å². The summed E-state index contributed by atoms with van der Waals surface area (Å²) in [5, 5.41) is 23.6. The summed E-state index contributed by atoms with van der Waals surface area (Å²) in [4.78, 5) is 0. The summed E-state index contributed by atoms with van der Waals surface area (Å²) in [5.41, 5.74) is 7.33. The Morgan fingerprint density at radius 1 is 1.29 bits per heavy atom. The topological polar surface area (TPSA) is 89.2 Å². The van der Waals surface area contributed by atoms with E-state index in [1.165, 1.54) is 0 Å². The van der Waals surface area contributed by atoms with Crippen LogP contribution < -0.4 is 10.7 Å². The molecule has 0 unspecified atom stereocenters. The number of anilines is 1. The third kappa shape index (κ3) is 1.96. The van der Waals surface area contributed by atoms with Gasteiger partial charge in [0.15, 0.2) is 0 Å². The van der Waals surface area contributed by atoms with E-state index in [9.17, 15) is 0 Å². The van der Waals surface area contributed by atoms with Crippen molar-refractivity contribution in [1.82, 2.24) is 0 Å². The standard InChI is InChI=1S/C12H11N5/c13-7-6-11-10(8-14)12(15)17(16-11)9-4-2-1-3-5-9/h1-5,10,12H,6,15H2/t10-,12+/m1/s1. The molecular weight excluding hydrogens is 214 g/mol. The van der Waals surface area contributed by atoms with Crippen molar-refractivity contribution in [2.75, 3.05) is 5.01 Å². The Labute approximate surface area is 99.4 Å². The zero-order valence-electron chi connectivity index (χ0n) is 9.11. The molecule has 2 atom stereocenters. The highest BCUT2D eigenvalue weighted by molar-refractivity contribution is 5.94. The molecule has 0 aromatic heterocycles. The number of para-hydroxylation sites is 1. The average Bonchev–Trinajstić information content (AvgIpc) is 2.67. The summed E-state index contributed by atoms with van der Waals surface area (Å²) in [5.74, 6) is -0.519. The molecule has 0 fully saturated rings. The summed E-state index contributed by atoms with van der Waals surface area (Å²) in [6.07, 6.45) is -0.388. The molecule has 1 aliphatic rings. The van der Waals surface area contributed by atoms with Gasteiger partial charge < -0.3 is 5.73 Å². The number of nitrogens with zero attached hydrogens (tertiary/aromatic N) is 4. The lowest BCUT2D eigenvalue weighted by Crippen LogP contribution is -2.40. The number of hydrogen-bond donors (Lipinski definition) is 1. The maximum Gasteiger partial charge on any atom is 0.123 e. The molecule has 1 aromatic rings. The Morgan fingerprint density at radius 3 is 2.59 bits per heavy atom. The van der Waals surface area contributed by atoms with E-state index in [-0.39, 0.29) is 6.42 Å². The van der Waals surface area contributed by atoms with Crippen LogP contribution >= 0.6 is 0 Å². The minimum absolute atomic E-state index is 0.134. The molecule has 0 amide bonds. The first-order valence-corrected chi connectivity index (χ1v) is 5.21. The minimum Gasteiger partial charge on any atom is -0.308 e. The Bertz CT molecular complexity index is 508. The lowest BCUT2D eigenvalue weighted by Gasteiger charge is -2.21. The SMILES string of the molecule is N#CCC1=NN(c2ccccc2)[C@H](N)[C@@H]1C#N. The molecule has 0 aliphatic carbocycles. The predicted molar refractivity (Wildman–Crippen MR) is 63.7 cm³/mol. The van der Waals surface area contributed by atoms with Gasteiger partial charge in [-0.05, 0) is 12.1 Å². The van der Waals surface area contributed by atoms with E-state index in [0.29, 0.717) is 5.71 Å². The van der Waals surface area contributed by atoms with Gasteiger partial charge in [0.25, 0.3) is 0 Å². The molecule has 5 nitrogen and oxygen atoms in total. The summed E-state index contributed by atoms with van der Waals surface area (Å²) >= 11 is 0. The van der Waals surface area contributed by atoms with Crippen molar-refractivity contribution in [3.05, 3.63) is 30.3 Å². The van der Waals surface area contributed by atoms with Gasteiger partial charge in [0.1, 0.15) is 12.1 Å². The summed E-state index contributed by atoms with van der Waals surface area (Å²) < 4.78 is 0. The normalized spacial score (nSPS) is 22.8. The van der Waals surface area contributed by atoms with Crippen LogP contribution in [0.3, 0.4) is 0 Å². The maximum absolute atomic E-state index is 9.05. The van der Waals surface area contributed by atoms with E-state index in [1.54, 1.807) is 5.01 Å². The molecule has 1 aliphatic heterocycles. The van der Waals surface area contributed by atoms with Crippen LogP contribution in [0, 0.1) is 28.6 Å². The first kappa shape index (κ1) is 11.1. The highest BCUT2D eigenvalue weighted by Gasteiger charge is 2.35. The molecule has 2 rings (SSSR count). The number of hydrogen-bond acceptors (Lipinski definition) is 5. The Morgan fingerprint density at radius 2 is 2.00 bits per heavy atom. The van der Waals surface area contributed by atoms with E-state index in [2.05, 4.69) is 11.2 Å². The zero-order valence-corrected chi connectivity index (χ0v) is 9.11. The monoisotopic (exact) mass is 225 g/mol. The van der Waals surface area contributed by atoms with Crippen molar-refractivity contribution >= 4 is 11.4 Å². The fourth-order valence-electron chi connectivity index (χ4n) is 1.79. The maximum atomic E-state index is 9.05. The molecule has 0 spiro atoms. The Kier molecular flexibility index (Phi) is 3.04. The van der Waals surface area contributed by atoms with Gasteiger partial charge in [0, 0.05) is 0 Å². The number of rotatable bonds is 2. The van der Waals surface area contributed by atoms with Crippen LogP contribution in [0.2, 0.25) is 0 Å². The van der Waals surface area contributed by atoms with E-state index >= 15 is 0 Å². The van der Waals surface area contributed by atoms with Crippen molar-refractivity contribution in [3.63, 3.8) is 0 Å². The predicted octanol–water partition coefficient (Wildman–Crippen LogP) is 1.20. The number of benzene rings is 1. The lowest BCUT2D eigenvalue weighted by molar-refractivity contribution is 0.622. The van der Waals surface area contributed by atoms with Gasteiger partial charge in [-0.2, -0.15) is 15.6 Å². The van der Waals surface area contributed by atoms with Gasteiger partial charge in [-0.1, -0.05) is 18.2 Å². The number of nitrogens with two attached hydrogens (primary N) is 1. The van der Waals surface area contributed by atoms with Crippen molar-refractivity contribution in [2.24, 2.45) is 16.8 Å². The van der Waals surface area contributed by atoms with Gasteiger partial charge in [0.05, 0.1) is 30.0 Å². The molecule has 2 N–H and O–H groups in total. The molecule has 1 aromatic carbocycles. The highest BCUT2D eigenvalue weighted by Crippen LogP contribution is 2.26. The second kappa shape index (κ2) is 4.65. The average molecular weight is 225 g/mol. The highest BCUT2D eigenvalue weighted by atomic mass is 15.5. The molecular formula is C12H11N5. The van der Waals surface area contributed by atoms with Crippen LogP contribution in [-0.2, 0) is 0 Å². The molecule has 17 heavy (non-hydrogen) atoms. The van der Waals surface area contributed by atoms with Crippen LogP contribution in [0.25, 0.3) is 0 Å². The van der Waals surface area contributed by atoms with Crippen molar-refractivity contribution < 1.29 is 0 Å². The molecule has 0 radical (unpaired) electrons. The van der Waals surface area contributed by atoms with Crippen molar-refractivity contribution in [3.8, 4) is 12.1 Å². The molecule has 0 bridgehead atoms. The van der Waals surface area contributed by atoms with Crippen LogP contribution in [-0.4, -0.2) is 11.9 Å². The molecule has 0 saturated carbocycles. The molecule has 84 valence electrons. The number of hydrazone groups is 1. The second-order valence-corrected chi connectivity index (χ2v) is 3.70. The first-order valence-electron chi connectivity index (χ1n) is 5.21. The van der Waals surface area contributed by atoms with Crippen LogP contribution in [0.15, 0.2) is 35.4 Å². The molecule has 1 heterocycles. The molecule has 0 saturated heterocycles. The van der Waals surface area contributed by atoms with E-state index in [1.807, 2.05) is 36.4 Å². The van der Waals surface area contributed by atoms with E-state index in [0.717, 1.165) is 5.69 Å². The minimum atomic E-state index is -0.522. The van der Waals surface area contributed by atoms with Crippen LogP contribution in [0.4, 0.5) is 5.69 Å². The summed E-state index contributed by atoms with van der Waals surface area (Å²) in [7, 11) is 0. The van der Waals surface area contributed by atoms with Gasteiger partial charge in [-0.15, -0.1) is 0 Å². The van der Waals surface area contributed by atoms with Gasteiger partial charge in [-0.3, -0.25) is 0 Å². The van der Waals surface area contributed by atoms with Crippen LogP contribution in [0.5, 0.6) is 0 Å². The lowest BCUT2D eigenvalue weighted by atomic mass is 10.0. The van der Waals surface area contributed by atoms with E-state index in [4.69, 9.17) is 16.3 Å². The van der Waals surface area contributed by atoms with E-state index < -0.39 is 12.1 Å². The fraction of sp³-hybridized carbons (Fsp3) is 0.250. The molecule has 5 heteroatoms. The van der Waals surface area contributed by atoms with Gasteiger partial charge in [-0.25, -0.2) is 5.01 Å². The zero-order chi connectivity index (χ0) is 12.3. The quantitative estimate of drug-likeness (QED) is 0.818.